The van der Waals surface area contributed by atoms with Crippen LogP contribution < -0.4 is 15.4 Å². The van der Waals surface area contributed by atoms with E-state index in [9.17, 15) is 4.79 Å². The van der Waals surface area contributed by atoms with E-state index in [0.717, 1.165) is 17.2 Å². The minimum atomic E-state index is -0.0637. The molecule has 0 saturated carbocycles. The van der Waals surface area contributed by atoms with Gasteiger partial charge in [0.05, 0.1) is 13.2 Å². The number of carbonyl (C=O) groups is 1. The Kier molecular flexibility index (Phi) is 4.22. The number of methoxy groups -OCH3 is 1. The zero-order valence-electron chi connectivity index (χ0n) is 9.60. The lowest BCUT2D eigenvalue weighted by molar-refractivity contribution is -0.122. The van der Waals surface area contributed by atoms with Crippen LogP contribution in [0.1, 0.15) is 5.56 Å². The smallest absolute Gasteiger partial charge is 0.238 e. The molecule has 17 heavy (non-hydrogen) atoms. The lowest BCUT2D eigenvalue weighted by Gasteiger charge is -2.10. The van der Waals surface area contributed by atoms with Crippen molar-refractivity contribution in [3.05, 3.63) is 23.9 Å². The van der Waals surface area contributed by atoms with E-state index in [1.54, 1.807) is 31.1 Å². The molecular weight excluding hydrogens is 238 g/mol. The number of hydrogen-bond acceptors (Lipinski definition) is 5. The lowest BCUT2D eigenvalue weighted by atomic mass is 10.2. The number of aromatic nitrogens is 1. The van der Waals surface area contributed by atoms with Gasteiger partial charge in [-0.25, -0.2) is 4.98 Å². The highest BCUT2D eigenvalue weighted by Crippen LogP contribution is 2.10. The fourth-order valence-corrected chi connectivity index (χ4v) is 2.45. The van der Waals surface area contributed by atoms with Gasteiger partial charge < -0.3 is 10.1 Å². The quantitative estimate of drug-likeness (QED) is 0.811. The van der Waals surface area contributed by atoms with E-state index >= 15 is 0 Å². The van der Waals surface area contributed by atoms with Gasteiger partial charge in [0.25, 0.3) is 0 Å². The highest BCUT2D eigenvalue weighted by molar-refractivity contribution is 7.99. The third kappa shape index (κ3) is 3.34. The van der Waals surface area contributed by atoms with Crippen LogP contribution in [-0.4, -0.2) is 35.7 Å². The number of carbonyl (C=O) groups excluding carboxylic acids is 1. The largest absolute Gasteiger partial charge is 0.481 e. The normalized spacial score (nSPS) is 19.0. The summed E-state index contributed by atoms with van der Waals surface area (Å²) in [5, 5.41) is 6.01. The summed E-state index contributed by atoms with van der Waals surface area (Å²) in [5.41, 5.74) is 0.963. The van der Waals surface area contributed by atoms with Crippen LogP contribution in [-0.2, 0) is 11.3 Å². The summed E-state index contributed by atoms with van der Waals surface area (Å²) in [4.78, 5) is 15.8. The Morgan fingerprint density at radius 2 is 2.59 bits per heavy atom. The molecule has 2 heterocycles. The fraction of sp³-hybridized carbons (Fsp3) is 0.455. The Morgan fingerprint density at radius 1 is 1.71 bits per heavy atom. The zero-order chi connectivity index (χ0) is 12.1. The van der Waals surface area contributed by atoms with Gasteiger partial charge in [-0.2, -0.15) is 0 Å². The molecule has 92 valence electrons. The summed E-state index contributed by atoms with van der Waals surface area (Å²) in [6.07, 6.45) is 1.70. The Morgan fingerprint density at radius 3 is 3.18 bits per heavy atom. The van der Waals surface area contributed by atoms with Gasteiger partial charge in [-0.1, -0.05) is 6.07 Å². The Balaban J connectivity index is 1.82. The van der Waals surface area contributed by atoms with E-state index < -0.39 is 0 Å². The fourth-order valence-electron chi connectivity index (χ4n) is 1.51. The molecule has 0 aromatic carbocycles. The van der Waals surface area contributed by atoms with Gasteiger partial charge in [0.15, 0.2) is 0 Å². The Labute approximate surface area is 104 Å². The monoisotopic (exact) mass is 253 g/mol. The van der Waals surface area contributed by atoms with Crippen LogP contribution in [0, 0.1) is 0 Å². The topological polar surface area (TPSA) is 63.2 Å². The van der Waals surface area contributed by atoms with Gasteiger partial charge in [0, 0.05) is 30.4 Å². The molecule has 0 radical (unpaired) electrons. The number of hydrogen-bond donors (Lipinski definition) is 2. The first-order valence-corrected chi connectivity index (χ1v) is 6.53. The molecule has 5 nitrogen and oxygen atoms in total. The minimum absolute atomic E-state index is 0.0471. The van der Waals surface area contributed by atoms with E-state index in [1.165, 1.54) is 0 Å². The molecule has 1 aromatic heterocycles. The van der Waals surface area contributed by atoms with E-state index in [-0.39, 0.29) is 11.9 Å². The molecule has 6 heteroatoms. The molecule has 1 fully saturated rings. The van der Waals surface area contributed by atoms with Crippen LogP contribution in [0.15, 0.2) is 18.3 Å². The number of amides is 1. The molecule has 0 spiro atoms. The molecule has 1 aliphatic heterocycles. The Hall–Kier alpha value is -1.27. The van der Waals surface area contributed by atoms with Gasteiger partial charge in [-0.3, -0.25) is 10.1 Å². The molecule has 1 unspecified atom stereocenters. The third-order valence-corrected chi connectivity index (χ3v) is 3.45. The van der Waals surface area contributed by atoms with Crippen LogP contribution >= 0.6 is 11.8 Å². The van der Waals surface area contributed by atoms with Gasteiger partial charge in [0.1, 0.15) is 0 Å². The van der Waals surface area contributed by atoms with Crippen LogP contribution in [0.25, 0.3) is 0 Å². The van der Waals surface area contributed by atoms with Gasteiger partial charge in [-0.15, -0.1) is 11.8 Å². The third-order valence-electron chi connectivity index (χ3n) is 2.51. The summed E-state index contributed by atoms with van der Waals surface area (Å²) in [7, 11) is 1.58. The maximum atomic E-state index is 11.7. The number of nitrogens with zero attached hydrogens (tertiary/aromatic N) is 1. The average Bonchev–Trinajstić information content (AvgIpc) is 2.90. The first-order valence-electron chi connectivity index (χ1n) is 5.37. The van der Waals surface area contributed by atoms with Crippen molar-refractivity contribution in [3.63, 3.8) is 0 Å². The number of thioether (sulfide) groups is 1. The highest BCUT2D eigenvalue weighted by atomic mass is 32.2. The number of nitrogens with one attached hydrogen (secondary N) is 2. The molecule has 0 bridgehead atoms. The van der Waals surface area contributed by atoms with Gasteiger partial charge >= 0.3 is 0 Å². The van der Waals surface area contributed by atoms with Crippen LogP contribution in [0.4, 0.5) is 0 Å². The van der Waals surface area contributed by atoms with Crippen molar-refractivity contribution in [2.45, 2.75) is 12.6 Å². The predicted octanol–water partition coefficient (Wildman–Crippen LogP) is 0.369. The lowest BCUT2D eigenvalue weighted by Crippen LogP contribution is -2.41. The van der Waals surface area contributed by atoms with Crippen molar-refractivity contribution in [1.82, 2.24) is 15.6 Å². The number of rotatable bonds is 4. The van der Waals surface area contributed by atoms with E-state index in [1.807, 2.05) is 6.07 Å². The summed E-state index contributed by atoms with van der Waals surface area (Å²) >= 11 is 1.74. The SMILES string of the molecule is COc1ccc(CNC(=O)C2CSCN2)cn1. The Bertz CT molecular complexity index is 377. The maximum Gasteiger partial charge on any atom is 0.238 e. The second-order valence-electron chi connectivity index (χ2n) is 3.70. The van der Waals surface area contributed by atoms with Crippen molar-refractivity contribution in [2.75, 3.05) is 18.7 Å². The molecule has 1 atom stereocenters. The standard InChI is InChI=1S/C11H15N3O2S/c1-16-10-3-2-8(4-12-10)5-13-11(15)9-6-17-7-14-9/h2-4,9,14H,5-7H2,1H3,(H,13,15). The second kappa shape index (κ2) is 5.88. The molecule has 1 aliphatic rings. The predicted molar refractivity (Wildman–Crippen MR) is 66.9 cm³/mol. The van der Waals surface area contributed by atoms with E-state index in [0.29, 0.717) is 12.4 Å². The van der Waals surface area contributed by atoms with Crippen LogP contribution in [0.3, 0.4) is 0 Å². The summed E-state index contributed by atoms with van der Waals surface area (Å²) < 4.78 is 4.96. The summed E-state index contributed by atoms with van der Waals surface area (Å²) in [6.45, 7) is 0.499. The van der Waals surface area contributed by atoms with Crippen molar-refractivity contribution < 1.29 is 9.53 Å². The molecular formula is C11H15N3O2S. The van der Waals surface area contributed by atoms with Gasteiger partial charge in [0.2, 0.25) is 11.8 Å². The molecule has 0 aliphatic carbocycles. The van der Waals surface area contributed by atoms with E-state index in [4.69, 9.17) is 4.74 Å². The molecule has 1 saturated heterocycles. The summed E-state index contributed by atoms with van der Waals surface area (Å²) in [5.74, 6) is 2.31. The molecule has 1 amide bonds. The highest BCUT2D eigenvalue weighted by Gasteiger charge is 2.21. The van der Waals surface area contributed by atoms with E-state index in [2.05, 4.69) is 15.6 Å². The van der Waals surface area contributed by atoms with Crippen LogP contribution in [0.2, 0.25) is 0 Å². The van der Waals surface area contributed by atoms with Gasteiger partial charge in [-0.05, 0) is 5.56 Å². The van der Waals surface area contributed by atoms with Crippen molar-refractivity contribution in [2.24, 2.45) is 0 Å². The van der Waals surface area contributed by atoms with Crippen LogP contribution in [0.5, 0.6) is 5.88 Å². The second-order valence-corrected chi connectivity index (χ2v) is 4.73. The average molecular weight is 253 g/mol. The zero-order valence-corrected chi connectivity index (χ0v) is 10.4. The summed E-state index contributed by atoms with van der Waals surface area (Å²) in [6, 6.07) is 3.61. The maximum absolute atomic E-state index is 11.7. The van der Waals surface area contributed by atoms with Crippen molar-refractivity contribution >= 4 is 17.7 Å². The first-order chi connectivity index (χ1) is 8.29. The first kappa shape index (κ1) is 12.2. The van der Waals surface area contributed by atoms with Crippen molar-refractivity contribution in [3.8, 4) is 5.88 Å². The minimum Gasteiger partial charge on any atom is -0.481 e. The molecule has 2 N–H and O–H groups in total. The molecule has 2 rings (SSSR count). The number of pyridine rings is 1. The number of ether oxygens (including phenoxy) is 1. The van der Waals surface area contributed by atoms with Crippen molar-refractivity contribution in [1.29, 1.82) is 0 Å². The molecule has 1 aromatic rings.